The van der Waals surface area contributed by atoms with E-state index in [0.29, 0.717) is 0 Å². The molecule has 1 nitrogen and oxygen atoms in total. The minimum Gasteiger partial charge on any atom is -0.412 e. The molecular formula is H2CrFeOZr. The van der Waals surface area contributed by atoms with Crippen LogP contribution in [0.1, 0.15) is 0 Å². The van der Waals surface area contributed by atoms with E-state index in [2.05, 4.69) is 0 Å². The first kappa shape index (κ1) is 39.3. The third-order valence-corrected chi connectivity index (χ3v) is 0. The average Bonchev–Trinajstić information content (AvgIpc) is 0. The van der Waals surface area contributed by atoms with Gasteiger partial charge in [0.2, 0.25) is 0 Å². The van der Waals surface area contributed by atoms with E-state index in [9.17, 15) is 0 Å². The standard InChI is InChI=1S/Cr.Fe.H2O.Zr/h;;1H2;. The summed E-state index contributed by atoms with van der Waals surface area (Å²) < 4.78 is 0. The van der Waals surface area contributed by atoms with Crippen molar-refractivity contribution in [1.29, 1.82) is 0 Å². The van der Waals surface area contributed by atoms with Crippen LogP contribution in [0.25, 0.3) is 0 Å². The van der Waals surface area contributed by atoms with Gasteiger partial charge in [-0.15, -0.1) is 0 Å². The minimum absolute atomic E-state index is 0. The predicted molar refractivity (Wildman–Crippen MR) is 3.61 cm³/mol. The molecule has 0 aliphatic rings. The second-order valence-electron chi connectivity index (χ2n) is 0. The first-order valence-corrected chi connectivity index (χ1v) is 0. The van der Waals surface area contributed by atoms with Crippen LogP contribution in [0.2, 0.25) is 0 Å². The Hall–Kier alpha value is 1.90. The Morgan fingerprint density at radius 1 is 1.00 bits per heavy atom. The number of rotatable bonds is 0. The van der Waals surface area contributed by atoms with Crippen molar-refractivity contribution in [1.82, 2.24) is 0 Å². The molecule has 0 aromatic carbocycles. The Morgan fingerprint density at radius 3 is 1.00 bits per heavy atom. The molecular weight excluding hydrogens is 215 g/mol. The van der Waals surface area contributed by atoms with E-state index in [1.807, 2.05) is 0 Å². The molecule has 0 saturated heterocycles. The van der Waals surface area contributed by atoms with Gasteiger partial charge in [0, 0.05) is 60.6 Å². The van der Waals surface area contributed by atoms with Crippen LogP contribution in [-0.2, 0) is 60.6 Å². The van der Waals surface area contributed by atoms with Crippen molar-refractivity contribution in [3.63, 3.8) is 0 Å². The van der Waals surface area contributed by atoms with Crippen molar-refractivity contribution in [2.75, 3.05) is 0 Å². The first-order valence-electron chi connectivity index (χ1n) is 0. The van der Waals surface area contributed by atoms with E-state index in [1.165, 1.54) is 0 Å². The van der Waals surface area contributed by atoms with Gasteiger partial charge in [-0.25, -0.2) is 0 Å². The molecule has 0 radical (unpaired) electrons. The molecule has 26 valence electrons. The smallest absolute Gasteiger partial charge is 0 e. The normalized spacial score (nSPS) is 0. The van der Waals surface area contributed by atoms with Crippen molar-refractivity contribution in [2.24, 2.45) is 0 Å². The fourth-order valence-corrected chi connectivity index (χ4v) is 0. The maximum atomic E-state index is 0. The van der Waals surface area contributed by atoms with E-state index >= 15 is 0 Å². The maximum absolute atomic E-state index is 0. The number of hydrogen-bond acceptors (Lipinski definition) is 0. The van der Waals surface area contributed by atoms with Gasteiger partial charge < -0.3 is 5.48 Å². The van der Waals surface area contributed by atoms with Crippen molar-refractivity contribution in [3.8, 4) is 0 Å². The van der Waals surface area contributed by atoms with Gasteiger partial charge in [-0.1, -0.05) is 0 Å². The fourth-order valence-electron chi connectivity index (χ4n) is 0. The van der Waals surface area contributed by atoms with Gasteiger partial charge in [-0.3, -0.25) is 0 Å². The quantitative estimate of drug-likeness (QED) is 0.474. The largest absolute Gasteiger partial charge is 0.412 e. The SMILES string of the molecule is O.[Cr].[Fe].[Zr]. The molecule has 0 amide bonds. The summed E-state index contributed by atoms with van der Waals surface area (Å²) in [5.74, 6) is 0. The minimum atomic E-state index is 0. The van der Waals surface area contributed by atoms with Gasteiger partial charge in [0.05, 0.1) is 0 Å². The summed E-state index contributed by atoms with van der Waals surface area (Å²) >= 11 is 0. The molecule has 0 bridgehead atoms. The molecule has 0 heterocycles. The maximum Gasteiger partial charge on any atom is 0 e. The Balaban J connectivity index is 0. The summed E-state index contributed by atoms with van der Waals surface area (Å²) in [6.07, 6.45) is 0. The molecule has 0 aliphatic heterocycles. The second kappa shape index (κ2) is 20.7. The third kappa shape index (κ3) is 9.09. The summed E-state index contributed by atoms with van der Waals surface area (Å²) in [6.45, 7) is 0. The van der Waals surface area contributed by atoms with Crippen molar-refractivity contribution >= 4 is 0 Å². The van der Waals surface area contributed by atoms with Crippen LogP contribution in [0.5, 0.6) is 0 Å². The van der Waals surface area contributed by atoms with Gasteiger partial charge >= 0.3 is 0 Å². The molecule has 0 fully saturated rings. The molecule has 0 aromatic rings. The molecule has 0 saturated carbocycles. The van der Waals surface area contributed by atoms with E-state index in [-0.39, 0.29) is 66.1 Å². The molecule has 0 aromatic heterocycles. The Morgan fingerprint density at radius 2 is 1.00 bits per heavy atom. The molecule has 4 heteroatoms. The summed E-state index contributed by atoms with van der Waals surface area (Å²) in [7, 11) is 0. The average molecular weight is 217 g/mol. The summed E-state index contributed by atoms with van der Waals surface area (Å²) in [5, 5.41) is 0. The Bertz CT molecular complexity index is 8.00. The zero-order valence-corrected chi connectivity index (χ0v) is 6.60. The van der Waals surface area contributed by atoms with Crippen LogP contribution >= 0.6 is 0 Å². The predicted octanol–water partition coefficient (Wildman–Crippen LogP) is -0.832. The second-order valence-corrected chi connectivity index (χ2v) is 0. The van der Waals surface area contributed by atoms with Crippen LogP contribution < -0.4 is 0 Å². The molecule has 0 aliphatic carbocycles. The van der Waals surface area contributed by atoms with Crippen LogP contribution in [0.4, 0.5) is 0 Å². The summed E-state index contributed by atoms with van der Waals surface area (Å²) in [5.41, 5.74) is 0. The van der Waals surface area contributed by atoms with Crippen molar-refractivity contribution < 1.29 is 66.1 Å². The summed E-state index contributed by atoms with van der Waals surface area (Å²) in [6, 6.07) is 0. The van der Waals surface area contributed by atoms with E-state index in [4.69, 9.17) is 0 Å². The van der Waals surface area contributed by atoms with Gasteiger partial charge in [0.15, 0.2) is 0 Å². The van der Waals surface area contributed by atoms with E-state index < -0.39 is 0 Å². The van der Waals surface area contributed by atoms with Gasteiger partial charge in [0.1, 0.15) is 0 Å². The summed E-state index contributed by atoms with van der Waals surface area (Å²) in [4.78, 5) is 0. The van der Waals surface area contributed by atoms with Gasteiger partial charge in [0.25, 0.3) is 0 Å². The van der Waals surface area contributed by atoms with E-state index in [1.54, 1.807) is 0 Å². The first-order chi connectivity index (χ1) is 0. The third-order valence-electron chi connectivity index (χ3n) is 0. The Labute approximate surface area is 65.6 Å². The van der Waals surface area contributed by atoms with Crippen molar-refractivity contribution in [2.45, 2.75) is 0 Å². The Kier molecular flexibility index (Phi) is 203. The zero-order valence-electron chi connectivity index (χ0n) is 1.76. The molecule has 0 spiro atoms. The number of hydrogen-bond donors (Lipinski definition) is 0. The molecule has 0 rings (SSSR count). The van der Waals surface area contributed by atoms with Gasteiger partial charge in [-0.2, -0.15) is 0 Å². The molecule has 0 unspecified atom stereocenters. The fraction of sp³-hybridized carbons (Fsp3) is 0. The van der Waals surface area contributed by atoms with Crippen LogP contribution in [0.3, 0.4) is 0 Å². The van der Waals surface area contributed by atoms with Crippen LogP contribution in [0, 0.1) is 0 Å². The molecule has 2 N–H and O–H groups in total. The van der Waals surface area contributed by atoms with Crippen LogP contribution in [0.15, 0.2) is 0 Å². The van der Waals surface area contributed by atoms with Gasteiger partial charge in [-0.05, 0) is 0 Å². The van der Waals surface area contributed by atoms with E-state index in [0.717, 1.165) is 0 Å². The van der Waals surface area contributed by atoms with Crippen LogP contribution in [-0.4, -0.2) is 5.48 Å². The van der Waals surface area contributed by atoms with Crippen molar-refractivity contribution in [3.05, 3.63) is 0 Å². The monoisotopic (exact) mass is 216 g/mol. The topological polar surface area (TPSA) is 31.5 Å². The zero-order chi connectivity index (χ0) is 0. The molecule has 0 atom stereocenters. The molecule has 4 heavy (non-hydrogen) atoms.